The summed E-state index contributed by atoms with van der Waals surface area (Å²) in [4.78, 5) is 36.5. The van der Waals surface area contributed by atoms with Crippen molar-refractivity contribution in [3.63, 3.8) is 0 Å². The second-order valence-corrected chi connectivity index (χ2v) is 5.58. The average Bonchev–Trinajstić information content (AvgIpc) is 2.66. The molecular formula is C19H23N3O5. The third-order valence-corrected chi connectivity index (χ3v) is 4.00. The van der Waals surface area contributed by atoms with Crippen LogP contribution in [-0.4, -0.2) is 29.3 Å². The summed E-state index contributed by atoms with van der Waals surface area (Å²) < 4.78 is 12.8. The van der Waals surface area contributed by atoms with Crippen molar-refractivity contribution < 1.29 is 14.3 Å². The van der Waals surface area contributed by atoms with Gasteiger partial charge in [-0.05, 0) is 37.6 Å². The molecule has 1 aromatic carbocycles. The van der Waals surface area contributed by atoms with E-state index < -0.39 is 17.2 Å². The predicted octanol–water partition coefficient (Wildman–Crippen LogP) is 1.72. The molecule has 0 aliphatic heterocycles. The average molecular weight is 373 g/mol. The lowest BCUT2D eigenvalue weighted by Gasteiger charge is -2.13. The number of nitrogens with one attached hydrogen (secondary N) is 1. The van der Waals surface area contributed by atoms with Crippen LogP contribution < -0.4 is 26.0 Å². The van der Waals surface area contributed by atoms with Gasteiger partial charge in [0.25, 0.3) is 5.56 Å². The molecule has 0 bridgehead atoms. The number of hydrogen-bond acceptors (Lipinski definition) is 5. The Hall–Kier alpha value is -3.29. The summed E-state index contributed by atoms with van der Waals surface area (Å²) in [5.74, 6) is 0.838. The van der Waals surface area contributed by atoms with Gasteiger partial charge < -0.3 is 14.8 Å². The van der Waals surface area contributed by atoms with E-state index in [9.17, 15) is 14.4 Å². The molecule has 1 aromatic heterocycles. The van der Waals surface area contributed by atoms with Crippen LogP contribution in [0, 0.1) is 0 Å². The largest absolute Gasteiger partial charge is 0.493 e. The van der Waals surface area contributed by atoms with E-state index in [4.69, 9.17) is 9.47 Å². The van der Waals surface area contributed by atoms with E-state index in [1.54, 1.807) is 45.2 Å². The first-order chi connectivity index (χ1) is 12.9. The first-order valence-electron chi connectivity index (χ1n) is 8.50. The van der Waals surface area contributed by atoms with Gasteiger partial charge in [-0.2, -0.15) is 0 Å². The Balaban J connectivity index is 2.25. The number of rotatable bonds is 7. The van der Waals surface area contributed by atoms with Crippen molar-refractivity contribution in [3.05, 3.63) is 56.7 Å². The summed E-state index contributed by atoms with van der Waals surface area (Å²) in [6, 6.07) is 6.48. The molecule has 8 nitrogen and oxygen atoms in total. The lowest BCUT2D eigenvalue weighted by molar-refractivity contribution is -0.111. The van der Waals surface area contributed by atoms with Crippen molar-refractivity contribution in [2.24, 2.45) is 0 Å². The van der Waals surface area contributed by atoms with Crippen LogP contribution >= 0.6 is 0 Å². The van der Waals surface area contributed by atoms with Gasteiger partial charge in [0.1, 0.15) is 5.82 Å². The highest BCUT2D eigenvalue weighted by Crippen LogP contribution is 2.27. The zero-order chi connectivity index (χ0) is 20.0. The molecule has 0 atom stereocenters. The van der Waals surface area contributed by atoms with E-state index in [1.807, 2.05) is 0 Å². The van der Waals surface area contributed by atoms with Gasteiger partial charge >= 0.3 is 5.69 Å². The monoisotopic (exact) mass is 373 g/mol. The molecule has 144 valence electrons. The quantitative estimate of drug-likeness (QED) is 0.746. The molecule has 0 saturated heterocycles. The van der Waals surface area contributed by atoms with Crippen LogP contribution in [0.2, 0.25) is 0 Å². The molecule has 0 aliphatic carbocycles. The maximum absolute atomic E-state index is 12.3. The van der Waals surface area contributed by atoms with E-state index in [1.165, 1.54) is 23.8 Å². The fourth-order valence-corrected chi connectivity index (χ4v) is 2.61. The molecule has 1 heterocycles. The molecule has 1 N–H and O–H groups in total. The van der Waals surface area contributed by atoms with Crippen LogP contribution in [0.3, 0.4) is 0 Å². The van der Waals surface area contributed by atoms with E-state index in [2.05, 4.69) is 5.32 Å². The van der Waals surface area contributed by atoms with Gasteiger partial charge in [0.2, 0.25) is 5.91 Å². The zero-order valence-corrected chi connectivity index (χ0v) is 15.8. The minimum Gasteiger partial charge on any atom is -0.493 e. The van der Waals surface area contributed by atoms with Gasteiger partial charge in [-0.3, -0.25) is 18.7 Å². The molecule has 2 aromatic rings. The van der Waals surface area contributed by atoms with E-state index in [0.717, 1.165) is 10.1 Å². The topological polar surface area (TPSA) is 91.6 Å². The van der Waals surface area contributed by atoms with E-state index >= 15 is 0 Å². The predicted molar refractivity (Wildman–Crippen MR) is 104 cm³/mol. The summed E-state index contributed by atoms with van der Waals surface area (Å²) in [7, 11) is 3.07. The molecule has 0 radical (unpaired) electrons. The first-order valence-corrected chi connectivity index (χ1v) is 8.50. The van der Waals surface area contributed by atoms with Crippen LogP contribution in [0.15, 0.2) is 39.9 Å². The zero-order valence-electron chi connectivity index (χ0n) is 15.8. The standard InChI is InChI=1S/C19H23N3O5/c1-5-21-16(12-18(24)22(6-2)19(21)25)20-17(23)10-8-13-7-9-14(26-3)15(11-13)27-4/h7-12H,5-6H2,1-4H3,(H,20,23)/b10-8+. The highest BCUT2D eigenvalue weighted by Gasteiger charge is 2.11. The molecule has 0 fully saturated rings. The van der Waals surface area contributed by atoms with E-state index in [0.29, 0.717) is 18.0 Å². The number of benzene rings is 1. The van der Waals surface area contributed by atoms with Gasteiger partial charge in [0.15, 0.2) is 11.5 Å². The Morgan fingerprint density at radius 2 is 1.70 bits per heavy atom. The SMILES string of the molecule is CCn1c(NC(=O)/C=C/c2ccc(OC)c(OC)c2)cc(=O)n(CC)c1=O. The first kappa shape index (κ1) is 20.0. The van der Waals surface area contributed by atoms with Crippen LogP contribution in [0.5, 0.6) is 11.5 Å². The maximum Gasteiger partial charge on any atom is 0.332 e. The van der Waals surface area contributed by atoms with Crippen LogP contribution in [-0.2, 0) is 17.9 Å². The summed E-state index contributed by atoms with van der Waals surface area (Å²) >= 11 is 0. The lowest BCUT2D eigenvalue weighted by atomic mass is 10.2. The highest BCUT2D eigenvalue weighted by atomic mass is 16.5. The maximum atomic E-state index is 12.3. The summed E-state index contributed by atoms with van der Waals surface area (Å²) in [5.41, 5.74) is -0.171. The minimum absolute atomic E-state index is 0.166. The van der Waals surface area contributed by atoms with Gasteiger partial charge in [-0.1, -0.05) is 6.07 Å². The van der Waals surface area contributed by atoms with Crippen LogP contribution in [0.4, 0.5) is 5.82 Å². The number of carbonyl (C=O) groups is 1. The third-order valence-electron chi connectivity index (χ3n) is 4.00. The number of methoxy groups -OCH3 is 2. The summed E-state index contributed by atoms with van der Waals surface area (Å²) in [6.45, 7) is 4.08. The summed E-state index contributed by atoms with van der Waals surface area (Å²) in [6.07, 6.45) is 2.91. The van der Waals surface area contributed by atoms with E-state index in [-0.39, 0.29) is 12.4 Å². The minimum atomic E-state index is -0.458. The van der Waals surface area contributed by atoms with Gasteiger partial charge in [0.05, 0.1) is 14.2 Å². The number of hydrogen-bond donors (Lipinski definition) is 1. The van der Waals surface area contributed by atoms with Crippen molar-refractivity contribution in [2.45, 2.75) is 26.9 Å². The van der Waals surface area contributed by atoms with Crippen molar-refractivity contribution in [1.29, 1.82) is 0 Å². The Kier molecular flexibility index (Phi) is 6.59. The van der Waals surface area contributed by atoms with Crippen molar-refractivity contribution in [3.8, 4) is 11.5 Å². The van der Waals surface area contributed by atoms with Crippen LogP contribution in [0.25, 0.3) is 6.08 Å². The second kappa shape index (κ2) is 8.88. The lowest BCUT2D eigenvalue weighted by Crippen LogP contribution is -2.40. The Labute approximate surface area is 156 Å². The molecule has 1 amide bonds. The van der Waals surface area contributed by atoms with Gasteiger partial charge in [0, 0.05) is 25.2 Å². The molecule has 0 saturated carbocycles. The molecule has 8 heteroatoms. The van der Waals surface area contributed by atoms with Crippen molar-refractivity contribution >= 4 is 17.8 Å². The van der Waals surface area contributed by atoms with Crippen LogP contribution in [0.1, 0.15) is 19.4 Å². The fraction of sp³-hybridized carbons (Fsp3) is 0.316. The van der Waals surface area contributed by atoms with Crippen molar-refractivity contribution in [2.75, 3.05) is 19.5 Å². The van der Waals surface area contributed by atoms with Crippen molar-refractivity contribution in [1.82, 2.24) is 9.13 Å². The Morgan fingerprint density at radius 3 is 2.30 bits per heavy atom. The number of aromatic nitrogens is 2. The number of carbonyl (C=O) groups excluding carboxylic acids is 1. The second-order valence-electron chi connectivity index (χ2n) is 5.58. The Bertz CT molecular complexity index is 972. The Morgan fingerprint density at radius 1 is 1.04 bits per heavy atom. The smallest absolute Gasteiger partial charge is 0.332 e. The molecule has 27 heavy (non-hydrogen) atoms. The third kappa shape index (κ3) is 4.46. The summed E-state index contributed by atoms with van der Waals surface area (Å²) in [5, 5.41) is 2.58. The molecular weight excluding hydrogens is 350 g/mol. The normalized spacial score (nSPS) is 10.8. The number of nitrogens with zero attached hydrogens (tertiary/aromatic N) is 2. The van der Waals surface area contributed by atoms with Gasteiger partial charge in [-0.15, -0.1) is 0 Å². The number of anilines is 1. The fourth-order valence-electron chi connectivity index (χ4n) is 2.61. The van der Waals surface area contributed by atoms with Gasteiger partial charge in [-0.25, -0.2) is 4.79 Å². The molecule has 0 unspecified atom stereocenters. The molecule has 0 spiro atoms. The number of amides is 1. The number of ether oxygens (including phenoxy) is 2. The molecule has 2 rings (SSSR count). The molecule has 0 aliphatic rings. The highest BCUT2D eigenvalue weighted by molar-refractivity contribution is 6.01.